The molecule has 0 aliphatic rings. The summed E-state index contributed by atoms with van der Waals surface area (Å²) in [6.07, 6.45) is -0.594. The minimum Gasteiger partial charge on any atom is -0.481 e. The molecule has 0 fully saturated rings. The van der Waals surface area contributed by atoms with Crippen molar-refractivity contribution in [1.29, 1.82) is 0 Å². The molecule has 0 aromatic heterocycles. The van der Waals surface area contributed by atoms with Crippen molar-refractivity contribution >= 4 is 5.91 Å². The van der Waals surface area contributed by atoms with Crippen molar-refractivity contribution in [3.8, 4) is 5.75 Å². The van der Waals surface area contributed by atoms with Crippen molar-refractivity contribution in [2.45, 2.75) is 32.9 Å². The van der Waals surface area contributed by atoms with Gasteiger partial charge in [0.05, 0.1) is 6.04 Å². The topological polar surface area (TPSA) is 38.3 Å². The van der Waals surface area contributed by atoms with E-state index in [-0.39, 0.29) is 11.9 Å². The van der Waals surface area contributed by atoms with Gasteiger partial charge in [0.15, 0.2) is 6.10 Å². The van der Waals surface area contributed by atoms with E-state index >= 15 is 0 Å². The van der Waals surface area contributed by atoms with Gasteiger partial charge in [-0.3, -0.25) is 4.79 Å². The normalized spacial score (nSPS) is 12.9. The van der Waals surface area contributed by atoms with Gasteiger partial charge in [-0.25, -0.2) is 0 Å². The number of nitrogens with one attached hydrogen (secondary N) is 1. The van der Waals surface area contributed by atoms with Crippen molar-refractivity contribution in [2.75, 3.05) is 0 Å². The summed E-state index contributed by atoms with van der Waals surface area (Å²) in [7, 11) is 0. The molecular formula is C24H25NO2. The molecule has 3 aromatic rings. The molecule has 0 aliphatic heterocycles. The van der Waals surface area contributed by atoms with Crippen LogP contribution < -0.4 is 10.1 Å². The maximum atomic E-state index is 12.8. The first-order valence-electron chi connectivity index (χ1n) is 9.18. The Bertz CT molecular complexity index is 888. The van der Waals surface area contributed by atoms with Gasteiger partial charge in [0.25, 0.3) is 5.91 Å². The first-order valence-corrected chi connectivity index (χ1v) is 9.18. The lowest BCUT2D eigenvalue weighted by molar-refractivity contribution is -0.127. The molecule has 3 rings (SSSR count). The van der Waals surface area contributed by atoms with E-state index in [1.54, 1.807) is 6.92 Å². The molecule has 0 aliphatic carbocycles. The quantitative estimate of drug-likeness (QED) is 0.674. The van der Waals surface area contributed by atoms with E-state index in [1.165, 1.54) is 5.56 Å². The molecule has 1 N–H and O–H groups in total. The highest BCUT2D eigenvalue weighted by Crippen LogP contribution is 2.23. The van der Waals surface area contributed by atoms with E-state index in [0.29, 0.717) is 5.75 Å². The zero-order valence-electron chi connectivity index (χ0n) is 16.0. The van der Waals surface area contributed by atoms with Gasteiger partial charge in [0, 0.05) is 0 Å². The van der Waals surface area contributed by atoms with Crippen LogP contribution in [0, 0.1) is 13.8 Å². The third-order valence-electron chi connectivity index (χ3n) is 4.50. The number of hydrogen-bond donors (Lipinski definition) is 1. The summed E-state index contributed by atoms with van der Waals surface area (Å²) in [6.45, 7) is 5.83. The second-order valence-electron chi connectivity index (χ2n) is 6.84. The summed E-state index contributed by atoms with van der Waals surface area (Å²) >= 11 is 0. The molecule has 3 heteroatoms. The number of benzene rings is 3. The van der Waals surface area contributed by atoms with Gasteiger partial charge >= 0.3 is 0 Å². The Morgan fingerprint density at radius 3 is 2.15 bits per heavy atom. The zero-order chi connectivity index (χ0) is 19.2. The second-order valence-corrected chi connectivity index (χ2v) is 6.84. The molecule has 0 saturated heterocycles. The van der Waals surface area contributed by atoms with Gasteiger partial charge < -0.3 is 10.1 Å². The van der Waals surface area contributed by atoms with Crippen LogP contribution in [0.4, 0.5) is 0 Å². The third-order valence-corrected chi connectivity index (χ3v) is 4.50. The van der Waals surface area contributed by atoms with Crippen molar-refractivity contribution in [2.24, 2.45) is 0 Å². The maximum Gasteiger partial charge on any atom is 0.261 e. The van der Waals surface area contributed by atoms with Crippen molar-refractivity contribution < 1.29 is 9.53 Å². The highest BCUT2D eigenvalue weighted by atomic mass is 16.5. The molecule has 0 bridgehead atoms. The number of carbonyl (C=O) groups is 1. The Labute approximate surface area is 161 Å². The number of rotatable bonds is 6. The highest BCUT2D eigenvalue weighted by Gasteiger charge is 2.21. The van der Waals surface area contributed by atoms with E-state index in [0.717, 1.165) is 16.7 Å². The summed E-state index contributed by atoms with van der Waals surface area (Å²) in [5, 5.41) is 3.14. The molecule has 0 unspecified atom stereocenters. The SMILES string of the molecule is Cc1ccc([C@H](NC(=O)[C@H](C)Oc2cccc(C)c2)c2ccccc2)cc1. The first-order chi connectivity index (χ1) is 13.0. The van der Waals surface area contributed by atoms with Crippen LogP contribution in [0.2, 0.25) is 0 Å². The molecule has 1 amide bonds. The lowest BCUT2D eigenvalue weighted by Crippen LogP contribution is -2.39. The van der Waals surface area contributed by atoms with Gasteiger partial charge in [0.2, 0.25) is 0 Å². The molecule has 0 heterocycles. The van der Waals surface area contributed by atoms with E-state index in [2.05, 4.69) is 36.5 Å². The Hall–Kier alpha value is -3.07. The van der Waals surface area contributed by atoms with Crippen molar-refractivity contribution in [3.63, 3.8) is 0 Å². The van der Waals surface area contributed by atoms with Crippen LogP contribution in [-0.2, 0) is 4.79 Å². The first kappa shape index (κ1) is 18.7. The second kappa shape index (κ2) is 8.54. The minimum absolute atomic E-state index is 0.147. The predicted molar refractivity (Wildman–Crippen MR) is 109 cm³/mol. The highest BCUT2D eigenvalue weighted by molar-refractivity contribution is 5.81. The standard InChI is InChI=1S/C24H25NO2/c1-17-12-14-21(15-13-17)23(20-9-5-4-6-10-20)25-24(26)19(3)27-22-11-7-8-18(2)16-22/h4-16,19,23H,1-3H3,(H,25,26)/t19-,23+/m0/s1. The third kappa shape index (κ3) is 4.98. The smallest absolute Gasteiger partial charge is 0.261 e. The Morgan fingerprint density at radius 1 is 0.815 bits per heavy atom. The molecule has 0 radical (unpaired) electrons. The Kier molecular flexibility index (Phi) is 5.92. The van der Waals surface area contributed by atoms with Gasteiger partial charge in [0.1, 0.15) is 5.75 Å². The van der Waals surface area contributed by atoms with E-state index in [9.17, 15) is 4.79 Å². The summed E-state index contributed by atoms with van der Waals surface area (Å²) in [4.78, 5) is 12.8. The number of aryl methyl sites for hydroxylation is 2. The average molecular weight is 359 g/mol. The molecule has 2 atom stereocenters. The molecule has 0 saturated carbocycles. The van der Waals surface area contributed by atoms with Crippen LogP contribution in [0.25, 0.3) is 0 Å². The average Bonchev–Trinajstić information content (AvgIpc) is 2.67. The number of carbonyl (C=O) groups excluding carboxylic acids is 1. The van der Waals surface area contributed by atoms with Crippen molar-refractivity contribution in [1.82, 2.24) is 5.32 Å². The number of ether oxygens (including phenoxy) is 1. The monoisotopic (exact) mass is 359 g/mol. The minimum atomic E-state index is -0.594. The van der Waals surface area contributed by atoms with Gasteiger partial charge in [-0.15, -0.1) is 0 Å². The van der Waals surface area contributed by atoms with Crippen molar-refractivity contribution in [3.05, 3.63) is 101 Å². The van der Waals surface area contributed by atoms with E-state index in [1.807, 2.05) is 61.5 Å². The molecule has 3 aromatic carbocycles. The fourth-order valence-electron chi connectivity index (χ4n) is 2.97. The Balaban J connectivity index is 1.79. The van der Waals surface area contributed by atoms with Gasteiger partial charge in [-0.1, -0.05) is 72.3 Å². The lowest BCUT2D eigenvalue weighted by atomic mass is 9.97. The molecule has 3 nitrogen and oxygen atoms in total. The maximum absolute atomic E-state index is 12.8. The van der Waals surface area contributed by atoms with Crippen LogP contribution in [0.3, 0.4) is 0 Å². The van der Waals surface area contributed by atoms with Gasteiger partial charge in [-0.2, -0.15) is 0 Å². The fraction of sp³-hybridized carbons (Fsp3) is 0.208. The van der Waals surface area contributed by atoms with Crippen LogP contribution >= 0.6 is 0 Å². The molecule has 0 spiro atoms. The summed E-state index contributed by atoms with van der Waals surface area (Å²) in [6, 6.07) is 25.7. The van der Waals surface area contributed by atoms with Crippen LogP contribution in [-0.4, -0.2) is 12.0 Å². The summed E-state index contributed by atoms with van der Waals surface area (Å²) < 4.78 is 5.84. The number of amides is 1. The van der Waals surface area contributed by atoms with Crippen LogP contribution in [0.1, 0.15) is 35.2 Å². The molecule has 138 valence electrons. The van der Waals surface area contributed by atoms with Crippen LogP contribution in [0.5, 0.6) is 5.75 Å². The predicted octanol–water partition coefficient (Wildman–Crippen LogP) is 4.98. The Morgan fingerprint density at radius 2 is 1.48 bits per heavy atom. The van der Waals surface area contributed by atoms with E-state index in [4.69, 9.17) is 4.74 Å². The zero-order valence-corrected chi connectivity index (χ0v) is 16.0. The molecule has 27 heavy (non-hydrogen) atoms. The largest absolute Gasteiger partial charge is 0.481 e. The lowest BCUT2D eigenvalue weighted by Gasteiger charge is -2.23. The fourth-order valence-corrected chi connectivity index (χ4v) is 2.97. The number of hydrogen-bond acceptors (Lipinski definition) is 2. The van der Waals surface area contributed by atoms with Crippen LogP contribution in [0.15, 0.2) is 78.9 Å². The summed E-state index contributed by atoms with van der Waals surface area (Å²) in [5.74, 6) is 0.551. The van der Waals surface area contributed by atoms with E-state index < -0.39 is 6.10 Å². The van der Waals surface area contributed by atoms with Gasteiger partial charge in [-0.05, 0) is 49.6 Å². The molecular weight excluding hydrogens is 334 g/mol. The summed E-state index contributed by atoms with van der Waals surface area (Å²) in [5.41, 5.74) is 4.37.